The van der Waals surface area contributed by atoms with Gasteiger partial charge in [-0.1, -0.05) is 0 Å². The van der Waals surface area contributed by atoms with Crippen molar-refractivity contribution < 1.29 is 4.79 Å². The number of rotatable bonds is 4. The number of ketones is 1. The Morgan fingerprint density at radius 1 is 1.30 bits per heavy atom. The van der Waals surface area contributed by atoms with Gasteiger partial charge in [0.05, 0.1) is 12.2 Å². The second-order valence-corrected chi connectivity index (χ2v) is 2.18. The molecule has 0 aliphatic rings. The highest BCUT2D eigenvalue weighted by molar-refractivity contribution is 5.84. The van der Waals surface area contributed by atoms with Gasteiger partial charge in [-0.15, -0.1) is 0 Å². The van der Waals surface area contributed by atoms with Crippen LogP contribution in [0.25, 0.3) is 0 Å². The molecule has 10 heavy (non-hydrogen) atoms. The lowest BCUT2D eigenvalue weighted by Crippen LogP contribution is -2.43. The maximum Gasteiger partial charge on any atom is 0.153 e. The normalized spacial score (nSPS) is 13.7. The first-order valence-electron chi connectivity index (χ1n) is 3.07. The van der Waals surface area contributed by atoms with Gasteiger partial charge in [0.1, 0.15) is 0 Å². The van der Waals surface area contributed by atoms with E-state index in [1.807, 2.05) is 0 Å². The lowest BCUT2D eigenvalue weighted by Gasteiger charge is -2.08. The Kier molecular flexibility index (Phi) is 4.13. The molecule has 0 saturated carbocycles. The second-order valence-electron chi connectivity index (χ2n) is 2.18. The second kappa shape index (κ2) is 4.35. The zero-order chi connectivity index (χ0) is 8.15. The topological polar surface area (TPSA) is 121 Å². The quantitative estimate of drug-likeness (QED) is 0.326. The fourth-order valence-electron chi connectivity index (χ4n) is 0.515. The average Bonchev–Trinajstić information content (AvgIpc) is 1.85. The van der Waals surface area contributed by atoms with Crippen molar-refractivity contribution >= 4 is 5.78 Å². The van der Waals surface area contributed by atoms with Crippen LogP contribution in [0.5, 0.6) is 0 Å². The number of nitrogens with two attached hydrogens (primary N) is 4. The molecule has 0 radical (unpaired) electrons. The lowest BCUT2D eigenvalue weighted by atomic mass is 10.1. The molecule has 0 spiro atoms. The standard InChI is InChI=1S/C5H14N4O/c6-2-3(7)4(10)1-5(8)9/h3,5H,1-2,6-9H2. The zero-order valence-corrected chi connectivity index (χ0v) is 5.79. The summed E-state index contributed by atoms with van der Waals surface area (Å²) in [5.41, 5.74) is 20.7. The van der Waals surface area contributed by atoms with Gasteiger partial charge in [-0.25, -0.2) is 0 Å². The van der Waals surface area contributed by atoms with Gasteiger partial charge in [-0.2, -0.15) is 0 Å². The van der Waals surface area contributed by atoms with Gasteiger partial charge in [0.15, 0.2) is 5.78 Å². The molecule has 1 unspecified atom stereocenters. The summed E-state index contributed by atoms with van der Waals surface area (Å²) in [4.78, 5) is 10.8. The maximum absolute atomic E-state index is 10.8. The molecule has 0 fully saturated rings. The van der Waals surface area contributed by atoms with Crippen LogP contribution >= 0.6 is 0 Å². The van der Waals surface area contributed by atoms with Crippen molar-refractivity contribution in [2.45, 2.75) is 18.6 Å². The summed E-state index contributed by atoms with van der Waals surface area (Å²) in [7, 11) is 0. The summed E-state index contributed by atoms with van der Waals surface area (Å²) in [5.74, 6) is -0.183. The monoisotopic (exact) mass is 146 g/mol. The first-order valence-corrected chi connectivity index (χ1v) is 3.07. The van der Waals surface area contributed by atoms with Crippen LogP contribution in [0.4, 0.5) is 0 Å². The summed E-state index contributed by atoms with van der Waals surface area (Å²) in [6, 6.07) is -0.616. The molecule has 0 aromatic heterocycles. The third-order valence-electron chi connectivity index (χ3n) is 1.10. The molecule has 5 heteroatoms. The number of carbonyl (C=O) groups excluding carboxylic acids is 1. The molecule has 0 aromatic carbocycles. The summed E-state index contributed by atoms with van der Waals surface area (Å²) in [5, 5.41) is 0. The van der Waals surface area contributed by atoms with E-state index in [0.29, 0.717) is 0 Å². The van der Waals surface area contributed by atoms with Crippen LogP contribution in [0, 0.1) is 0 Å². The Labute approximate surface area is 59.7 Å². The first-order chi connectivity index (χ1) is 4.57. The summed E-state index contributed by atoms with van der Waals surface area (Å²) < 4.78 is 0. The summed E-state index contributed by atoms with van der Waals surface area (Å²) in [6.45, 7) is 0.144. The van der Waals surface area contributed by atoms with Crippen molar-refractivity contribution in [3.63, 3.8) is 0 Å². The molecule has 0 aliphatic carbocycles. The Bertz CT molecular complexity index is 114. The molecule has 0 bridgehead atoms. The Morgan fingerprint density at radius 2 is 1.80 bits per heavy atom. The van der Waals surface area contributed by atoms with E-state index in [1.165, 1.54) is 0 Å². The van der Waals surface area contributed by atoms with Gasteiger partial charge in [0.25, 0.3) is 0 Å². The van der Waals surface area contributed by atoms with Crippen LogP contribution in [-0.4, -0.2) is 24.5 Å². The third kappa shape index (κ3) is 3.52. The smallest absolute Gasteiger partial charge is 0.153 e. The molecule has 0 heterocycles. The minimum absolute atomic E-state index is 0.0956. The molecule has 1 atom stereocenters. The van der Waals surface area contributed by atoms with Crippen LogP contribution in [-0.2, 0) is 4.79 Å². The SMILES string of the molecule is NCC(N)C(=O)CC(N)N. The molecule has 0 saturated heterocycles. The van der Waals surface area contributed by atoms with Gasteiger partial charge in [0, 0.05) is 13.0 Å². The molecular weight excluding hydrogens is 132 g/mol. The fraction of sp³-hybridized carbons (Fsp3) is 0.800. The molecule has 5 nitrogen and oxygen atoms in total. The van der Waals surface area contributed by atoms with Gasteiger partial charge in [-0.3, -0.25) is 4.79 Å². The van der Waals surface area contributed by atoms with Gasteiger partial charge in [-0.05, 0) is 0 Å². The first kappa shape index (κ1) is 9.51. The van der Waals surface area contributed by atoms with E-state index in [-0.39, 0.29) is 18.7 Å². The minimum atomic E-state index is -0.620. The van der Waals surface area contributed by atoms with E-state index in [0.717, 1.165) is 0 Å². The van der Waals surface area contributed by atoms with Crippen LogP contribution in [0.15, 0.2) is 0 Å². The number of carbonyl (C=O) groups is 1. The minimum Gasteiger partial charge on any atom is -0.328 e. The summed E-state index contributed by atoms with van der Waals surface area (Å²) >= 11 is 0. The van der Waals surface area contributed by atoms with E-state index in [1.54, 1.807) is 0 Å². The van der Waals surface area contributed by atoms with Crippen molar-refractivity contribution in [3.8, 4) is 0 Å². The largest absolute Gasteiger partial charge is 0.328 e. The maximum atomic E-state index is 10.8. The van der Waals surface area contributed by atoms with Crippen LogP contribution < -0.4 is 22.9 Å². The number of hydrogen-bond donors (Lipinski definition) is 4. The van der Waals surface area contributed by atoms with Gasteiger partial charge < -0.3 is 22.9 Å². The van der Waals surface area contributed by atoms with E-state index in [2.05, 4.69) is 0 Å². The highest BCUT2D eigenvalue weighted by atomic mass is 16.1. The van der Waals surface area contributed by atoms with Crippen LogP contribution in [0.1, 0.15) is 6.42 Å². The van der Waals surface area contributed by atoms with E-state index in [9.17, 15) is 4.79 Å². The molecule has 0 rings (SSSR count). The Hall–Kier alpha value is -0.490. The molecule has 0 aliphatic heterocycles. The number of Topliss-reactive ketones (excluding diaryl/α,β-unsaturated/α-hetero) is 1. The molecular formula is C5H14N4O. The molecule has 0 aromatic rings. The van der Waals surface area contributed by atoms with Crippen molar-refractivity contribution in [3.05, 3.63) is 0 Å². The lowest BCUT2D eigenvalue weighted by molar-refractivity contribution is -0.120. The van der Waals surface area contributed by atoms with E-state index >= 15 is 0 Å². The fourth-order valence-corrected chi connectivity index (χ4v) is 0.515. The highest BCUT2D eigenvalue weighted by Crippen LogP contribution is 1.87. The highest BCUT2D eigenvalue weighted by Gasteiger charge is 2.12. The zero-order valence-electron chi connectivity index (χ0n) is 5.79. The third-order valence-corrected chi connectivity index (χ3v) is 1.10. The van der Waals surface area contributed by atoms with Crippen molar-refractivity contribution in [2.75, 3.05) is 6.54 Å². The van der Waals surface area contributed by atoms with E-state index < -0.39 is 12.2 Å². The van der Waals surface area contributed by atoms with Gasteiger partial charge >= 0.3 is 0 Å². The van der Waals surface area contributed by atoms with Gasteiger partial charge in [0.2, 0.25) is 0 Å². The summed E-state index contributed by atoms with van der Waals surface area (Å²) in [6.07, 6.45) is -0.525. The predicted octanol–water partition coefficient (Wildman–Crippen LogP) is -2.52. The number of hydrogen-bond acceptors (Lipinski definition) is 5. The average molecular weight is 146 g/mol. The Morgan fingerprint density at radius 3 is 2.10 bits per heavy atom. The molecule has 60 valence electrons. The molecule has 0 amide bonds. The van der Waals surface area contributed by atoms with Crippen molar-refractivity contribution in [2.24, 2.45) is 22.9 Å². The molecule has 8 N–H and O–H groups in total. The van der Waals surface area contributed by atoms with Crippen LogP contribution in [0.2, 0.25) is 0 Å². The predicted molar refractivity (Wildman–Crippen MR) is 38.8 cm³/mol. The Balaban J connectivity index is 3.62. The van der Waals surface area contributed by atoms with Crippen molar-refractivity contribution in [1.29, 1.82) is 0 Å². The van der Waals surface area contributed by atoms with Crippen LogP contribution in [0.3, 0.4) is 0 Å². The van der Waals surface area contributed by atoms with Crippen molar-refractivity contribution in [1.82, 2.24) is 0 Å². The van der Waals surface area contributed by atoms with E-state index in [4.69, 9.17) is 22.9 Å².